The monoisotopic (exact) mass is 256 g/mol. The molecule has 1 unspecified atom stereocenters. The first-order valence-electron chi connectivity index (χ1n) is 5.62. The van der Waals surface area contributed by atoms with Gasteiger partial charge in [-0.05, 0) is 18.9 Å². The second-order valence-corrected chi connectivity index (χ2v) is 4.48. The predicted octanol–water partition coefficient (Wildman–Crippen LogP) is 0.390. The fourth-order valence-corrected chi connectivity index (χ4v) is 1.88. The Morgan fingerprint density at radius 2 is 2.17 bits per heavy atom. The first kappa shape index (κ1) is 12.9. The van der Waals surface area contributed by atoms with Crippen molar-refractivity contribution in [2.75, 3.05) is 6.61 Å². The van der Waals surface area contributed by atoms with E-state index >= 15 is 0 Å². The summed E-state index contributed by atoms with van der Waals surface area (Å²) in [5.41, 5.74) is 4.82. The molecule has 6 heteroatoms. The highest BCUT2D eigenvalue weighted by atomic mass is 19.1. The summed E-state index contributed by atoms with van der Waals surface area (Å²) in [6.45, 7) is -0.478. The molecule has 0 radical (unpaired) electrons. The average Bonchev–Trinajstić information content (AvgIpc) is 3.08. The maximum absolute atomic E-state index is 13.6. The molecule has 1 aromatic carbocycles. The van der Waals surface area contributed by atoms with Gasteiger partial charge in [0.1, 0.15) is 17.7 Å². The van der Waals surface area contributed by atoms with Gasteiger partial charge < -0.3 is 16.2 Å². The third kappa shape index (κ3) is 2.34. The van der Waals surface area contributed by atoms with Gasteiger partial charge in [-0.15, -0.1) is 0 Å². The van der Waals surface area contributed by atoms with Crippen LogP contribution >= 0.6 is 0 Å². The third-order valence-corrected chi connectivity index (χ3v) is 3.09. The van der Waals surface area contributed by atoms with Gasteiger partial charge in [0.15, 0.2) is 0 Å². The molecule has 1 fully saturated rings. The molecule has 1 amide bonds. The van der Waals surface area contributed by atoms with E-state index < -0.39 is 35.7 Å². The van der Waals surface area contributed by atoms with Gasteiger partial charge >= 0.3 is 0 Å². The van der Waals surface area contributed by atoms with Gasteiger partial charge in [0.05, 0.1) is 12.1 Å². The number of hydrogen-bond donors (Lipinski definition) is 3. The quantitative estimate of drug-likeness (QED) is 0.729. The number of aliphatic hydroxyl groups excluding tert-OH is 1. The van der Waals surface area contributed by atoms with Crippen LogP contribution in [0.1, 0.15) is 18.4 Å². The highest BCUT2D eigenvalue weighted by Gasteiger charge is 2.47. The van der Waals surface area contributed by atoms with Crippen molar-refractivity contribution in [3.8, 4) is 0 Å². The number of carbonyl (C=O) groups excluding carboxylic acids is 1. The molecule has 0 saturated heterocycles. The lowest BCUT2D eigenvalue weighted by Crippen LogP contribution is -2.47. The van der Waals surface area contributed by atoms with Gasteiger partial charge in [-0.2, -0.15) is 0 Å². The Labute approximate surface area is 103 Å². The number of rotatable bonds is 4. The summed E-state index contributed by atoms with van der Waals surface area (Å²) >= 11 is 0. The molecule has 0 aromatic heterocycles. The number of aliphatic hydroxyl groups is 1. The molecule has 2 rings (SSSR count). The zero-order chi connectivity index (χ0) is 13.3. The van der Waals surface area contributed by atoms with Gasteiger partial charge in [0, 0.05) is 11.6 Å². The Kier molecular flexibility index (Phi) is 3.32. The molecule has 1 aromatic rings. The Morgan fingerprint density at radius 1 is 1.50 bits per heavy atom. The Hall–Kier alpha value is -1.53. The van der Waals surface area contributed by atoms with Crippen molar-refractivity contribution in [1.29, 1.82) is 0 Å². The second kappa shape index (κ2) is 4.62. The lowest BCUT2D eigenvalue weighted by atomic mass is 10.0. The van der Waals surface area contributed by atoms with Crippen LogP contribution in [0.4, 0.5) is 8.78 Å². The summed E-state index contributed by atoms with van der Waals surface area (Å²) in [5.74, 6) is -1.89. The molecular formula is C12H14F2N2O2. The predicted molar refractivity (Wildman–Crippen MR) is 60.5 cm³/mol. The van der Waals surface area contributed by atoms with Crippen LogP contribution in [0.15, 0.2) is 18.2 Å². The first-order valence-corrected chi connectivity index (χ1v) is 5.62. The van der Waals surface area contributed by atoms with Crippen LogP contribution in [0.5, 0.6) is 0 Å². The van der Waals surface area contributed by atoms with E-state index in [1.807, 2.05) is 0 Å². The summed E-state index contributed by atoms with van der Waals surface area (Å²) in [4.78, 5) is 11.6. The number of benzene rings is 1. The van der Waals surface area contributed by atoms with Crippen LogP contribution in [0.3, 0.4) is 0 Å². The zero-order valence-electron chi connectivity index (χ0n) is 9.62. The smallest absolute Gasteiger partial charge is 0.239 e. The molecule has 18 heavy (non-hydrogen) atoms. The molecule has 4 N–H and O–H groups in total. The van der Waals surface area contributed by atoms with Crippen molar-refractivity contribution in [3.05, 3.63) is 35.4 Å². The largest absolute Gasteiger partial charge is 0.394 e. The van der Waals surface area contributed by atoms with Crippen LogP contribution in [-0.4, -0.2) is 23.7 Å². The van der Waals surface area contributed by atoms with Crippen LogP contribution in [-0.2, 0) is 10.3 Å². The Morgan fingerprint density at radius 3 is 2.67 bits per heavy atom. The fraction of sp³-hybridized carbons (Fsp3) is 0.417. The summed E-state index contributed by atoms with van der Waals surface area (Å²) < 4.78 is 26.5. The molecule has 0 aliphatic heterocycles. The standard InChI is InChI=1S/C12H14F2N2O2/c13-7-1-2-8(9(14)5-7)12(3-4-12)16-11(18)10(15)6-17/h1-2,5,10,17H,3-4,6,15H2,(H,16,18). The van der Waals surface area contributed by atoms with Gasteiger partial charge in [-0.1, -0.05) is 6.07 Å². The molecule has 1 atom stereocenters. The lowest BCUT2D eigenvalue weighted by molar-refractivity contribution is -0.124. The van der Waals surface area contributed by atoms with E-state index in [0.29, 0.717) is 12.8 Å². The summed E-state index contributed by atoms with van der Waals surface area (Å²) in [7, 11) is 0. The Bertz CT molecular complexity index is 475. The minimum Gasteiger partial charge on any atom is -0.394 e. The van der Waals surface area contributed by atoms with E-state index in [0.717, 1.165) is 12.1 Å². The highest BCUT2D eigenvalue weighted by molar-refractivity contribution is 5.83. The van der Waals surface area contributed by atoms with E-state index in [9.17, 15) is 13.6 Å². The molecule has 0 spiro atoms. The van der Waals surface area contributed by atoms with Crippen LogP contribution in [0, 0.1) is 11.6 Å². The van der Waals surface area contributed by atoms with Crippen molar-refractivity contribution in [1.82, 2.24) is 5.32 Å². The normalized spacial score (nSPS) is 18.2. The number of halogens is 2. The van der Waals surface area contributed by atoms with E-state index in [4.69, 9.17) is 10.8 Å². The molecule has 0 heterocycles. The zero-order valence-corrected chi connectivity index (χ0v) is 9.62. The van der Waals surface area contributed by atoms with Crippen LogP contribution < -0.4 is 11.1 Å². The van der Waals surface area contributed by atoms with Crippen LogP contribution in [0.2, 0.25) is 0 Å². The minimum absolute atomic E-state index is 0.252. The van der Waals surface area contributed by atoms with Gasteiger partial charge in [0.25, 0.3) is 0 Å². The maximum atomic E-state index is 13.6. The molecule has 1 aliphatic carbocycles. The summed E-state index contributed by atoms with van der Waals surface area (Å²) in [6.07, 6.45) is 1.14. The highest BCUT2D eigenvalue weighted by Crippen LogP contribution is 2.46. The third-order valence-electron chi connectivity index (χ3n) is 3.09. The van der Waals surface area contributed by atoms with Gasteiger partial charge in [0.2, 0.25) is 5.91 Å². The van der Waals surface area contributed by atoms with E-state index in [2.05, 4.69) is 5.32 Å². The van der Waals surface area contributed by atoms with Crippen molar-refractivity contribution >= 4 is 5.91 Å². The SMILES string of the molecule is NC(CO)C(=O)NC1(c2ccc(F)cc2F)CC1. The topological polar surface area (TPSA) is 75.3 Å². The van der Waals surface area contributed by atoms with Crippen molar-refractivity contribution in [2.45, 2.75) is 24.4 Å². The number of nitrogens with one attached hydrogen (secondary N) is 1. The fourth-order valence-electron chi connectivity index (χ4n) is 1.88. The molecule has 98 valence electrons. The summed E-state index contributed by atoms with van der Waals surface area (Å²) in [5, 5.41) is 11.4. The number of carbonyl (C=O) groups is 1. The second-order valence-electron chi connectivity index (χ2n) is 4.48. The Balaban J connectivity index is 2.19. The number of nitrogens with two attached hydrogens (primary N) is 1. The minimum atomic E-state index is -1.04. The first-order chi connectivity index (χ1) is 8.48. The van der Waals surface area contributed by atoms with Crippen molar-refractivity contribution in [3.63, 3.8) is 0 Å². The van der Waals surface area contributed by atoms with Gasteiger partial charge in [-0.3, -0.25) is 4.79 Å². The molecule has 1 saturated carbocycles. The van der Waals surface area contributed by atoms with E-state index in [1.165, 1.54) is 6.07 Å². The number of hydrogen-bond acceptors (Lipinski definition) is 3. The van der Waals surface area contributed by atoms with Crippen LogP contribution in [0.25, 0.3) is 0 Å². The molecule has 0 bridgehead atoms. The molecule has 4 nitrogen and oxygen atoms in total. The summed E-state index contributed by atoms with van der Waals surface area (Å²) in [6, 6.07) is 2.22. The van der Waals surface area contributed by atoms with Crippen molar-refractivity contribution in [2.24, 2.45) is 5.73 Å². The van der Waals surface area contributed by atoms with Gasteiger partial charge in [-0.25, -0.2) is 8.78 Å². The lowest BCUT2D eigenvalue weighted by Gasteiger charge is -2.20. The molecular weight excluding hydrogens is 242 g/mol. The molecule has 1 aliphatic rings. The van der Waals surface area contributed by atoms with E-state index in [-0.39, 0.29) is 5.56 Å². The number of amides is 1. The van der Waals surface area contributed by atoms with E-state index in [1.54, 1.807) is 0 Å². The maximum Gasteiger partial charge on any atom is 0.239 e. The van der Waals surface area contributed by atoms with Crippen molar-refractivity contribution < 1.29 is 18.7 Å². The average molecular weight is 256 g/mol.